The van der Waals surface area contributed by atoms with Crippen molar-refractivity contribution in [2.45, 2.75) is 50.0 Å². The summed E-state index contributed by atoms with van der Waals surface area (Å²) in [6.07, 6.45) is 2.92. The molecule has 0 radical (unpaired) electrons. The largest absolute Gasteiger partial charge is 0.481 e. The molecule has 3 atom stereocenters. The first-order valence-electron chi connectivity index (χ1n) is 7.86. The zero-order valence-corrected chi connectivity index (χ0v) is 13.8. The van der Waals surface area contributed by atoms with Gasteiger partial charge in [0, 0.05) is 43.1 Å². The molecule has 120 valence electrons. The van der Waals surface area contributed by atoms with E-state index in [0.717, 1.165) is 39.0 Å². The third kappa shape index (κ3) is 4.80. The summed E-state index contributed by atoms with van der Waals surface area (Å²) in [5.74, 6) is -0.401. The summed E-state index contributed by atoms with van der Waals surface area (Å²) in [4.78, 5) is 27.3. The highest BCUT2D eigenvalue weighted by Crippen LogP contribution is 2.27. The van der Waals surface area contributed by atoms with Crippen LogP contribution in [0.5, 0.6) is 0 Å². The van der Waals surface area contributed by atoms with Gasteiger partial charge < -0.3 is 14.9 Å². The van der Waals surface area contributed by atoms with Gasteiger partial charge in [-0.25, -0.2) is 4.79 Å². The maximum absolute atomic E-state index is 12.7. The summed E-state index contributed by atoms with van der Waals surface area (Å²) in [7, 11) is 0. The zero-order valence-electron chi connectivity index (χ0n) is 13.0. The average Bonchev–Trinajstić information content (AvgIpc) is 2.43. The zero-order chi connectivity index (χ0) is 15.4. The van der Waals surface area contributed by atoms with Crippen LogP contribution in [0.2, 0.25) is 0 Å². The normalized spacial score (nSPS) is 30.3. The number of piperidine rings is 1. The summed E-state index contributed by atoms with van der Waals surface area (Å²) in [5, 5.41) is 9.77. The molecule has 2 heterocycles. The van der Waals surface area contributed by atoms with Crippen LogP contribution in [0.15, 0.2) is 0 Å². The maximum atomic E-state index is 12.7. The highest BCUT2D eigenvalue weighted by Gasteiger charge is 2.31. The molecule has 2 saturated heterocycles. The van der Waals surface area contributed by atoms with Crippen LogP contribution in [-0.2, 0) is 4.79 Å². The number of thioether (sulfide) groups is 1. The van der Waals surface area contributed by atoms with Gasteiger partial charge >= 0.3 is 12.0 Å². The molecule has 0 aromatic heterocycles. The molecule has 2 fully saturated rings. The van der Waals surface area contributed by atoms with Crippen molar-refractivity contribution < 1.29 is 14.7 Å². The molecule has 2 amide bonds. The molecule has 0 spiro atoms. The molecule has 21 heavy (non-hydrogen) atoms. The van der Waals surface area contributed by atoms with Crippen LogP contribution in [-0.4, -0.2) is 63.6 Å². The molecule has 6 heteroatoms. The fourth-order valence-corrected chi connectivity index (χ4v) is 4.66. The minimum atomic E-state index is -0.742. The van der Waals surface area contributed by atoms with Crippen LogP contribution in [0.3, 0.4) is 0 Å². The van der Waals surface area contributed by atoms with Crippen LogP contribution in [0, 0.1) is 5.92 Å². The summed E-state index contributed by atoms with van der Waals surface area (Å²) < 4.78 is 0. The second-order valence-electron chi connectivity index (χ2n) is 6.33. The molecule has 0 aliphatic carbocycles. The Morgan fingerprint density at radius 1 is 1.14 bits per heavy atom. The van der Waals surface area contributed by atoms with E-state index in [1.807, 2.05) is 21.6 Å². The molecule has 0 aromatic carbocycles. The monoisotopic (exact) mass is 314 g/mol. The molecule has 2 aliphatic rings. The number of hydrogen-bond acceptors (Lipinski definition) is 3. The summed E-state index contributed by atoms with van der Waals surface area (Å²) in [5.41, 5.74) is 0. The van der Waals surface area contributed by atoms with Crippen LogP contribution >= 0.6 is 11.8 Å². The molecule has 3 unspecified atom stereocenters. The van der Waals surface area contributed by atoms with Crippen LogP contribution in [0.25, 0.3) is 0 Å². The van der Waals surface area contributed by atoms with Crippen molar-refractivity contribution in [3.05, 3.63) is 0 Å². The van der Waals surface area contributed by atoms with Gasteiger partial charge in [0.25, 0.3) is 0 Å². The Kier molecular flexibility index (Phi) is 5.79. The van der Waals surface area contributed by atoms with Crippen molar-refractivity contribution in [1.29, 1.82) is 0 Å². The fraction of sp³-hybridized carbons (Fsp3) is 0.867. The average molecular weight is 314 g/mol. The van der Waals surface area contributed by atoms with Gasteiger partial charge in [-0.05, 0) is 25.2 Å². The number of urea groups is 1. The van der Waals surface area contributed by atoms with Crippen molar-refractivity contribution in [1.82, 2.24) is 9.80 Å². The number of amides is 2. The Bertz CT molecular complexity index is 381. The maximum Gasteiger partial charge on any atom is 0.320 e. The second kappa shape index (κ2) is 7.38. The molecule has 5 nitrogen and oxygen atoms in total. The lowest BCUT2D eigenvalue weighted by atomic mass is 9.93. The van der Waals surface area contributed by atoms with E-state index in [-0.39, 0.29) is 12.5 Å². The van der Waals surface area contributed by atoms with E-state index in [9.17, 15) is 9.59 Å². The predicted octanol–water partition coefficient (Wildman–Crippen LogP) is 2.51. The number of rotatable bonds is 3. The third-order valence-electron chi connectivity index (χ3n) is 4.25. The van der Waals surface area contributed by atoms with Crippen LogP contribution in [0.1, 0.15) is 39.5 Å². The molecular weight excluding hydrogens is 288 g/mol. The van der Waals surface area contributed by atoms with E-state index in [0.29, 0.717) is 22.8 Å². The topological polar surface area (TPSA) is 60.9 Å². The Balaban J connectivity index is 1.87. The van der Waals surface area contributed by atoms with E-state index in [4.69, 9.17) is 5.11 Å². The minimum absolute atomic E-state index is 0.147. The lowest BCUT2D eigenvalue weighted by Gasteiger charge is -2.40. The van der Waals surface area contributed by atoms with E-state index in [1.165, 1.54) is 0 Å². The number of carboxylic acid groups (broad SMARTS) is 1. The van der Waals surface area contributed by atoms with Gasteiger partial charge in [-0.15, -0.1) is 0 Å². The summed E-state index contributed by atoms with van der Waals surface area (Å²) >= 11 is 1.94. The molecule has 0 bridgehead atoms. The Hall–Kier alpha value is -0.910. The number of hydrogen-bond donors (Lipinski definition) is 1. The van der Waals surface area contributed by atoms with Crippen molar-refractivity contribution in [3.8, 4) is 0 Å². The number of carbonyl (C=O) groups is 2. The SMILES string of the molecule is CC1CN(C(=O)N2CCCC(CCC(=O)O)C2)CC(C)S1. The Morgan fingerprint density at radius 2 is 1.81 bits per heavy atom. The second-order valence-corrected chi connectivity index (χ2v) is 8.21. The number of aliphatic carboxylic acids is 1. The predicted molar refractivity (Wildman–Crippen MR) is 84.7 cm³/mol. The smallest absolute Gasteiger partial charge is 0.320 e. The number of carbonyl (C=O) groups excluding carboxylic acids is 1. The van der Waals surface area contributed by atoms with Gasteiger partial charge in [0.2, 0.25) is 0 Å². The molecule has 0 aromatic rings. The minimum Gasteiger partial charge on any atom is -0.481 e. The lowest BCUT2D eigenvalue weighted by Crippen LogP contribution is -2.52. The molecule has 2 aliphatic heterocycles. The molecule has 2 rings (SSSR count). The van der Waals surface area contributed by atoms with E-state index in [1.54, 1.807) is 0 Å². The molecule has 1 N–H and O–H groups in total. The third-order valence-corrected chi connectivity index (χ3v) is 5.47. The van der Waals surface area contributed by atoms with Crippen molar-refractivity contribution >= 4 is 23.8 Å². The highest BCUT2D eigenvalue weighted by molar-refractivity contribution is 8.00. The first-order valence-corrected chi connectivity index (χ1v) is 8.81. The Morgan fingerprint density at radius 3 is 2.43 bits per heavy atom. The van der Waals surface area contributed by atoms with Gasteiger partial charge in [-0.3, -0.25) is 4.79 Å². The van der Waals surface area contributed by atoms with Crippen LogP contribution in [0.4, 0.5) is 4.79 Å². The van der Waals surface area contributed by atoms with E-state index >= 15 is 0 Å². The van der Waals surface area contributed by atoms with E-state index in [2.05, 4.69) is 13.8 Å². The number of nitrogens with zero attached hydrogens (tertiary/aromatic N) is 2. The number of carboxylic acids is 1. The Labute approximate surface area is 131 Å². The van der Waals surface area contributed by atoms with Gasteiger partial charge in [-0.1, -0.05) is 13.8 Å². The molecular formula is C15H26N2O3S. The van der Waals surface area contributed by atoms with Gasteiger partial charge in [-0.2, -0.15) is 11.8 Å². The molecule has 0 saturated carbocycles. The van der Waals surface area contributed by atoms with Gasteiger partial charge in [0.1, 0.15) is 0 Å². The van der Waals surface area contributed by atoms with Crippen molar-refractivity contribution in [3.63, 3.8) is 0 Å². The van der Waals surface area contributed by atoms with Crippen molar-refractivity contribution in [2.75, 3.05) is 26.2 Å². The fourth-order valence-electron chi connectivity index (χ4n) is 3.34. The quantitative estimate of drug-likeness (QED) is 0.869. The van der Waals surface area contributed by atoms with Gasteiger partial charge in [0.05, 0.1) is 0 Å². The standard InChI is InChI=1S/C15H26N2O3S/c1-11-8-17(9-12(2)21-11)15(20)16-7-3-4-13(10-16)5-6-14(18)19/h11-13H,3-10H2,1-2H3,(H,18,19). The van der Waals surface area contributed by atoms with E-state index < -0.39 is 5.97 Å². The first-order chi connectivity index (χ1) is 9.95. The lowest BCUT2D eigenvalue weighted by molar-refractivity contribution is -0.137. The number of likely N-dealkylation sites (tertiary alicyclic amines) is 1. The van der Waals surface area contributed by atoms with Crippen molar-refractivity contribution in [2.24, 2.45) is 5.92 Å². The highest BCUT2D eigenvalue weighted by atomic mass is 32.2. The summed E-state index contributed by atoms with van der Waals surface area (Å²) in [6.45, 7) is 7.53. The van der Waals surface area contributed by atoms with Crippen LogP contribution < -0.4 is 0 Å². The summed E-state index contributed by atoms with van der Waals surface area (Å²) in [6, 6.07) is 0.147. The first kappa shape index (κ1) is 16.5. The van der Waals surface area contributed by atoms with Gasteiger partial charge in [0.15, 0.2) is 0 Å².